The molecule has 0 saturated carbocycles. The average Bonchev–Trinajstić information content (AvgIpc) is 2.57. The molecule has 0 aliphatic rings. The zero-order valence-electron chi connectivity index (χ0n) is 13.3. The minimum Gasteiger partial charge on any atom is -0.482 e. The number of benzene rings is 2. The van der Waals surface area contributed by atoms with E-state index in [4.69, 9.17) is 32.7 Å². The summed E-state index contributed by atoms with van der Waals surface area (Å²) in [5, 5.41) is 0.741. The molecule has 0 bridgehead atoms. The molecule has 0 radical (unpaired) electrons. The first-order valence-electron chi connectivity index (χ1n) is 7.29. The minimum atomic E-state index is -0.778. The van der Waals surface area contributed by atoms with Crippen LogP contribution in [-0.2, 0) is 16.1 Å². The summed E-state index contributed by atoms with van der Waals surface area (Å²) in [6.45, 7) is 1.70. The maximum Gasteiger partial charge on any atom is 0.426 e. The summed E-state index contributed by atoms with van der Waals surface area (Å²) in [6, 6.07) is 12.2. The van der Waals surface area contributed by atoms with Crippen molar-refractivity contribution in [1.82, 2.24) is 10.9 Å². The van der Waals surface area contributed by atoms with Gasteiger partial charge in [-0.05, 0) is 30.7 Å². The zero-order valence-corrected chi connectivity index (χ0v) is 14.9. The van der Waals surface area contributed by atoms with E-state index in [1.165, 1.54) is 6.07 Å². The van der Waals surface area contributed by atoms with Crippen LogP contribution in [0.3, 0.4) is 0 Å². The average molecular weight is 383 g/mol. The van der Waals surface area contributed by atoms with Crippen molar-refractivity contribution in [2.24, 2.45) is 0 Å². The second-order valence-electron chi connectivity index (χ2n) is 5.10. The molecular formula is C17H16Cl2N2O4. The summed E-state index contributed by atoms with van der Waals surface area (Å²) in [7, 11) is 0. The van der Waals surface area contributed by atoms with Gasteiger partial charge in [0.1, 0.15) is 12.4 Å². The van der Waals surface area contributed by atoms with Crippen LogP contribution >= 0.6 is 23.2 Å². The molecule has 2 aromatic carbocycles. The topological polar surface area (TPSA) is 76.7 Å². The van der Waals surface area contributed by atoms with Crippen LogP contribution in [0.1, 0.15) is 11.1 Å². The molecular weight excluding hydrogens is 367 g/mol. The standard InChI is InChI=1S/C17H16Cl2N2O4/c1-11-3-2-4-12(7-11)9-25-17(23)21-20-16(22)10-24-15-6-5-13(18)8-14(15)19/h2-8H,9-10H2,1H3,(H,20,22)(H,21,23). The van der Waals surface area contributed by atoms with Gasteiger partial charge in [0.05, 0.1) is 5.02 Å². The summed E-state index contributed by atoms with van der Waals surface area (Å²) in [4.78, 5) is 23.2. The Morgan fingerprint density at radius 2 is 1.88 bits per heavy atom. The van der Waals surface area contributed by atoms with Gasteiger partial charge in [-0.2, -0.15) is 0 Å². The smallest absolute Gasteiger partial charge is 0.426 e. The van der Waals surface area contributed by atoms with Crippen molar-refractivity contribution in [2.45, 2.75) is 13.5 Å². The van der Waals surface area contributed by atoms with Gasteiger partial charge >= 0.3 is 6.09 Å². The SMILES string of the molecule is Cc1cccc(COC(=O)NNC(=O)COc2ccc(Cl)cc2Cl)c1. The van der Waals surface area contributed by atoms with E-state index in [1.807, 2.05) is 31.2 Å². The number of nitrogens with one attached hydrogen (secondary N) is 2. The molecule has 8 heteroatoms. The van der Waals surface area contributed by atoms with Crippen molar-refractivity contribution in [2.75, 3.05) is 6.61 Å². The molecule has 0 spiro atoms. The fraction of sp³-hybridized carbons (Fsp3) is 0.176. The quantitative estimate of drug-likeness (QED) is 0.773. The monoisotopic (exact) mass is 382 g/mol. The number of amides is 2. The van der Waals surface area contributed by atoms with Crippen LogP contribution in [0, 0.1) is 6.92 Å². The molecule has 2 rings (SSSR count). The fourth-order valence-electron chi connectivity index (χ4n) is 1.88. The molecule has 0 aliphatic heterocycles. The van der Waals surface area contributed by atoms with Crippen LogP contribution in [0.2, 0.25) is 10.0 Å². The van der Waals surface area contributed by atoms with Crippen LogP contribution in [-0.4, -0.2) is 18.6 Å². The lowest BCUT2D eigenvalue weighted by atomic mass is 10.1. The number of rotatable bonds is 5. The molecule has 0 fully saturated rings. The Balaban J connectivity index is 1.69. The molecule has 2 N–H and O–H groups in total. The van der Waals surface area contributed by atoms with E-state index in [0.717, 1.165) is 11.1 Å². The van der Waals surface area contributed by atoms with Gasteiger partial charge < -0.3 is 9.47 Å². The van der Waals surface area contributed by atoms with E-state index in [9.17, 15) is 9.59 Å². The Bertz CT molecular complexity index is 768. The van der Waals surface area contributed by atoms with Crippen LogP contribution in [0.15, 0.2) is 42.5 Å². The Morgan fingerprint density at radius 3 is 2.60 bits per heavy atom. The van der Waals surface area contributed by atoms with Crippen LogP contribution in [0.25, 0.3) is 0 Å². The lowest BCUT2D eigenvalue weighted by Gasteiger charge is -2.10. The van der Waals surface area contributed by atoms with Gasteiger partial charge in [-0.1, -0.05) is 53.0 Å². The highest BCUT2D eigenvalue weighted by Crippen LogP contribution is 2.27. The highest BCUT2D eigenvalue weighted by molar-refractivity contribution is 6.35. The third-order valence-electron chi connectivity index (χ3n) is 3.01. The van der Waals surface area contributed by atoms with E-state index < -0.39 is 12.0 Å². The Morgan fingerprint density at radius 1 is 1.08 bits per heavy atom. The molecule has 2 amide bonds. The van der Waals surface area contributed by atoms with Gasteiger partial charge in [0.25, 0.3) is 5.91 Å². The molecule has 0 aliphatic carbocycles. The first kappa shape index (κ1) is 18.9. The number of carbonyl (C=O) groups is 2. The molecule has 0 heterocycles. The Labute approximate surface area is 155 Å². The summed E-state index contributed by atoms with van der Waals surface area (Å²) < 4.78 is 10.2. The van der Waals surface area contributed by atoms with E-state index in [0.29, 0.717) is 10.8 Å². The highest BCUT2D eigenvalue weighted by Gasteiger charge is 2.08. The number of hydrazine groups is 1. The maximum atomic E-state index is 11.6. The molecule has 25 heavy (non-hydrogen) atoms. The van der Waals surface area contributed by atoms with Crippen molar-refractivity contribution >= 4 is 35.2 Å². The van der Waals surface area contributed by atoms with Crippen LogP contribution in [0.4, 0.5) is 4.79 Å². The van der Waals surface area contributed by atoms with E-state index in [-0.39, 0.29) is 18.2 Å². The van der Waals surface area contributed by atoms with Crippen molar-refractivity contribution in [1.29, 1.82) is 0 Å². The first-order valence-corrected chi connectivity index (χ1v) is 8.04. The first-order chi connectivity index (χ1) is 11.9. The van der Waals surface area contributed by atoms with Gasteiger partial charge in [0.15, 0.2) is 6.61 Å². The van der Waals surface area contributed by atoms with E-state index in [2.05, 4.69) is 10.9 Å². The number of halogens is 2. The van der Waals surface area contributed by atoms with Crippen molar-refractivity contribution in [3.05, 3.63) is 63.6 Å². The fourth-order valence-corrected chi connectivity index (χ4v) is 2.34. The number of hydrogen-bond acceptors (Lipinski definition) is 4. The minimum absolute atomic E-state index is 0.0975. The van der Waals surface area contributed by atoms with Gasteiger partial charge in [0, 0.05) is 5.02 Å². The molecule has 2 aromatic rings. The molecule has 0 saturated heterocycles. The van der Waals surface area contributed by atoms with Crippen molar-refractivity contribution in [3.63, 3.8) is 0 Å². The van der Waals surface area contributed by atoms with Gasteiger partial charge in [-0.15, -0.1) is 0 Å². The highest BCUT2D eigenvalue weighted by atomic mass is 35.5. The van der Waals surface area contributed by atoms with Gasteiger partial charge in [0.2, 0.25) is 0 Å². The number of carbonyl (C=O) groups excluding carboxylic acids is 2. The maximum absolute atomic E-state index is 11.6. The number of hydrogen-bond donors (Lipinski definition) is 2. The third-order valence-corrected chi connectivity index (χ3v) is 3.54. The summed E-state index contributed by atoms with van der Waals surface area (Å²) in [5.41, 5.74) is 6.22. The van der Waals surface area contributed by atoms with Gasteiger partial charge in [-0.3, -0.25) is 10.2 Å². The Kier molecular flexibility index (Phi) is 6.91. The van der Waals surface area contributed by atoms with E-state index in [1.54, 1.807) is 12.1 Å². The van der Waals surface area contributed by atoms with Crippen molar-refractivity contribution in [3.8, 4) is 5.75 Å². The summed E-state index contributed by atoms with van der Waals surface area (Å²) >= 11 is 11.7. The predicted molar refractivity (Wildman–Crippen MR) is 94.6 cm³/mol. The van der Waals surface area contributed by atoms with Crippen molar-refractivity contribution < 1.29 is 19.1 Å². The van der Waals surface area contributed by atoms with Crippen LogP contribution < -0.4 is 15.6 Å². The molecule has 0 unspecified atom stereocenters. The molecule has 0 aromatic heterocycles. The molecule has 6 nitrogen and oxygen atoms in total. The number of aryl methyl sites for hydroxylation is 1. The second kappa shape index (κ2) is 9.15. The molecule has 0 atom stereocenters. The largest absolute Gasteiger partial charge is 0.482 e. The third kappa shape index (κ3) is 6.52. The Hall–Kier alpha value is -2.44. The number of ether oxygens (including phenoxy) is 2. The predicted octanol–water partition coefficient (Wildman–Crippen LogP) is 3.64. The normalized spacial score (nSPS) is 10.0. The lowest BCUT2D eigenvalue weighted by molar-refractivity contribution is -0.124. The summed E-state index contributed by atoms with van der Waals surface area (Å²) in [5.74, 6) is -0.262. The summed E-state index contributed by atoms with van der Waals surface area (Å²) in [6.07, 6.45) is -0.778. The van der Waals surface area contributed by atoms with Gasteiger partial charge in [-0.25, -0.2) is 10.2 Å². The lowest BCUT2D eigenvalue weighted by Crippen LogP contribution is -2.44. The zero-order chi connectivity index (χ0) is 18.2. The molecule has 132 valence electrons. The van der Waals surface area contributed by atoms with E-state index >= 15 is 0 Å². The second-order valence-corrected chi connectivity index (χ2v) is 5.95. The van der Waals surface area contributed by atoms with Crippen LogP contribution in [0.5, 0.6) is 5.75 Å².